The first-order chi connectivity index (χ1) is 7.24. The van der Waals surface area contributed by atoms with E-state index in [9.17, 15) is 4.79 Å². The van der Waals surface area contributed by atoms with Crippen molar-refractivity contribution in [3.8, 4) is 0 Å². The number of likely N-dealkylation sites (N-methyl/N-ethyl adjacent to an activating group) is 1. The normalized spacial score (nSPS) is 12.4. The molecule has 2 nitrogen and oxygen atoms in total. The number of benzene rings is 1. The Morgan fingerprint density at radius 2 is 2.07 bits per heavy atom. The van der Waals surface area contributed by atoms with Gasteiger partial charge in [-0.3, -0.25) is 4.79 Å². The Kier molecular flexibility index (Phi) is 5.43. The Morgan fingerprint density at radius 3 is 2.60 bits per heavy atom. The molecule has 0 fully saturated rings. The molecule has 1 aromatic carbocycles. The van der Waals surface area contributed by atoms with Gasteiger partial charge in [-0.05, 0) is 19.5 Å². The van der Waals surface area contributed by atoms with Gasteiger partial charge < -0.3 is 5.32 Å². The van der Waals surface area contributed by atoms with Gasteiger partial charge in [-0.2, -0.15) is 11.8 Å². The zero-order chi connectivity index (χ0) is 11.1. The second-order valence-electron chi connectivity index (χ2n) is 3.45. The van der Waals surface area contributed by atoms with Crippen LogP contribution in [0.4, 0.5) is 0 Å². The zero-order valence-corrected chi connectivity index (χ0v) is 10.0. The Bertz CT molecular complexity index is 300. The SMILES string of the molecule is CN[C@@H](CSCc1ccccc1)C(C)=O. The number of thioether (sulfide) groups is 1. The number of hydrogen-bond acceptors (Lipinski definition) is 3. The number of Topliss-reactive ketones (excluding diaryl/α,β-unsaturated/α-hetero) is 1. The summed E-state index contributed by atoms with van der Waals surface area (Å²) in [5.74, 6) is 2.01. The summed E-state index contributed by atoms with van der Waals surface area (Å²) in [6.07, 6.45) is 0. The van der Waals surface area contributed by atoms with Crippen LogP contribution in [0.5, 0.6) is 0 Å². The van der Waals surface area contributed by atoms with Gasteiger partial charge in [0.25, 0.3) is 0 Å². The molecule has 0 aromatic heterocycles. The predicted molar refractivity (Wildman–Crippen MR) is 66.1 cm³/mol. The molecule has 1 rings (SSSR count). The van der Waals surface area contributed by atoms with E-state index >= 15 is 0 Å². The van der Waals surface area contributed by atoms with Crippen LogP contribution in [-0.2, 0) is 10.5 Å². The van der Waals surface area contributed by atoms with E-state index in [2.05, 4.69) is 17.4 Å². The summed E-state index contributed by atoms with van der Waals surface area (Å²) in [4.78, 5) is 11.1. The maximum atomic E-state index is 11.1. The molecule has 0 radical (unpaired) electrons. The van der Waals surface area contributed by atoms with Gasteiger partial charge in [-0.15, -0.1) is 0 Å². The summed E-state index contributed by atoms with van der Waals surface area (Å²) in [5.41, 5.74) is 1.31. The molecule has 0 unspecified atom stereocenters. The second-order valence-corrected chi connectivity index (χ2v) is 4.48. The summed E-state index contributed by atoms with van der Waals surface area (Å²) >= 11 is 1.78. The molecule has 0 aliphatic rings. The first kappa shape index (κ1) is 12.3. The zero-order valence-electron chi connectivity index (χ0n) is 9.19. The minimum Gasteiger partial charge on any atom is -0.310 e. The van der Waals surface area contributed by atoms with Gasteiger partial charge in [0.05, 0.1) is 6.04 Å². The molecular formula is C12H17NOS. The van der Waals surface area contributed by atoms with Crippen LogP contribution in [0.2, 0.25) is 0 Å². The Balaban J connectivity index is 2.30. The molecule has 0 saturated heterocycles. The Labute approximate surface area is 95.5 Å². The maximum absolute atomic E-state index is 11.1. The summed E-state index contributed by atoms with van der Waals surface area (Å²) < 4.78 is 0. The largest absolute Gasteiger partial charge is 0.310 e. The lowest BCUT2D eigenvalue weighted by molar-refractivity contribution is -0.118. The molecular weight excluding hydrogens is 206 g/mol. The van der Waals surface area contributed by atoms with Crippen LogP contribution in [0.15, 0.2) is 30.3 Å². The Morgan fingerprint density at radius 1 is 1.40 bits per heavy atom. The van der Waals surface area contributed by atoms with Crippen molar-refractivity contribution in [2.45, 2.75) is 18.7 Å². The van der Waals surface area contributed by atoms with Crippen molar-refractivity contribution in [1.29, 1.82) is 0 Å². The van der Waals surface area contributed by atoms with Gasteiger partial charge >= 0.3 is 0 Å². The first-order valence-corrected chi connectivity index (χ1v) is 6.19. The lowest BCUT2D eigenvalue weighted by atomic mass is 10.2. The Hall–Kier alpha value is -0.800. The molecule has 0 bridgehead atoms. The van der Waals surface area contributed by atoms with E-state index in [1.807, 2.05) is 25.2 Å². The first-order valence-electron chi connectivity index (χ1n) is 5.03. The van der Waals surface area contributed by atoms with E-state index in [1.165, 1.54) is 5.56 Å². The third-order valence-corrected chi connectivity index (χ3v) is 3.34. The minimum atomic E-state index is -0.0151. The van der Waals surface area contributed by atoms with Crippen LogP contribution in [0.3, 0.4) is 0 Å². The summed E-state index contributed by atoms with van der Waals surface area (Å²) in [5, 5.41) is 3.02. The van der Waals surface area contributed by atoms with Crippen molar-refractivity contribution in [3.63, 3.8) is 0 Å². The van der Waals surface area contributed by atoms with Crippen molar-refractivity contribution in [2.24, 2.45) is 0 Å². The summed E-state index contributed by atoms with van der Waals surface area (Å²) in [6.45, 7) is 1.63. The molecule has 0 aliphatic carbocycles. The highest BCUT2D eigenvalue weighted by Gasteiger charge is 2.10. The van der Waals surface area contributed by atoms with E-state index < -0.39 is 0 Å². The number of hydrogen-bond donors (Lipinski definition) is 1. The molecule has 1 N–H and O–H groups in total. The fraction of sp³-hybridized carbons (Fsp3) is 0.417. The quantitative estimate of drug-likeness (QED) is 0.800. The van der Waals surface area contributed by atoms with Crippen molar-refractivity contribution in [2.75, 3.05) is 12.8 Å². The molecule has 0 spiro atoms. The van der Waals surface area contributed by atoms with Gasteiger partial charge in [-0.1, -0.05) is 30.3 Å². The van der Waals surface area contributed by atoms with E-state index in [-0.39, 0.29) is 11.8 Å². The number of rotatable bonds is 6. The maximum Gasteiger partial charge on any atom is 0.147 e. The third kappa shape index (κ3) is 4.49. The third-order valence-electron chi connectivity index (χ3n) is 2.24. The molecule has 1 aromatic rings. The fourth-order valence-corrected chi connectivity index (χ4v) is 2.46. The highest BCUT2D eigenvalue weighted by Crippen LogP contribution is 2.12. The van der Waals surface area contributed by atoms with Crippen LogP contribution in [-0.4, -0.2) is 24.6 Å². The number of nitrogens with one attached hydrogen (secondary N) is 1. The van der Waals surface area contributed by atoms with Crippen molar-refractivity contribution < 1.29 is 4.79 Å². The fourth-order valence-electron chi connectivity index (χ4n) is 1.27. The van der Waals surface area contributed by atoms with Crippen LogP contribution in [0.25, 0.3) is 0 Å². The van der Waals surface area contributed by atoms with Crippen LogP contribution >= 0.6 is 11.8 Å². The summed E-state index contributed by atoms with van der Waals surface area (Å²) in [7, 11) is 1.83. The van der Waals surface area contributed by atoms with Gasteiger partial charge in [0.15, 0.2) is 0 Å². The predicted octanol–water partition coefficient (Wildman–Crippen LogP) is 2.10. The second kappa shape index (κ2) is 6.64. The number of carbonyl (C=O) groups is 1. The highest BCUT2D eigenvalue weighted by atomic mass is 32.2. The molecule has 0 heterocycles. The summed E-state index contributed by atoms with van der Waals surface area (Å²) in [6, 6.07) is 10.3. The van der Waals surface area contributed by atoms with Gasteiger partial charge in [0.2, 0.25) is 0 Å². The average Bonchev–Trinajstić information content (AvgIpc) is 2.25. The lowest BCUT2D eigenvalue weighted by Gasteiger charge is -2.11. The monoisotopic (exact) mass is 223 g/mol. The molecule has 15 heavy (non-hydrogen) atoms. The van der Waals surface area contributed by atoms with Crippen molar-refractivity contribution in [1.82, 2.24) is 5.32 Å². The van der Waals surface area contributed by atoms with E-state index in [0.717, 1.165) is 11.5 Å². The average molecular weight is 223 g/mol. The topological polar surface area (TPSA) is 29.1 Å². The van der Waals surface area contributed by atoms with Gasteiger partial charge in [-0.25, -0.2) is 0 Å². The molecule has 82 valence electrons. The molecule has 0 amide bonds. The van der Waals surface area contributed by atoms with Crippen molar-refractivity contribution >= 4 is 17.5 Å². The standard InChI is InChI=1S/C12H17NOS/c1-10(14)12(13-2)9-15-8-11-6-4-3-5-7-11/h3-7,12-13H,8-9H2,1-2H3/t12-/m0/s1. The van der Waals surface area contributed by atoms with E-state index in [1.54, 1.807) is 18.7 Å². The number of carbonyl (C=O) groups excluding carboxylic acids is 1. The molecule has 3 heteroatoms. The van der Waals surface area contributed by atoms with Crippen LogP contribution in [0, 0.1) is 0 Å². The smallest absolute Gasteiger partial charge is 0.147 e. The van der Waals surface area contributed by atoms with Gasteiger partial charge in [0, 0.05) is 11.5 Å². The highest BCUT2D eigenvalue weighted by molar-refractivity contribution is 7.98. The number of ketones is 1. The van der Waals surface area contributed by atoms with E-state index in [4.69, 9.17) is 0 Å². The van der Waals surface area contributed by atoms with Crippen LogP contribution in [0.1, 0.15) is 12.5 Å². The lowest BCUT2D eigenvalue weighted by Crippen LogP contribution is -2.34. The van der Waals surface area contributed by atoms with E-state index in [0.29, 0.717) is 0 Å². The van der Waals surface area contributed by atoms with Crippen LogP contribution < -0.4 is 5.32 Å². The van der Waals surface area contributed by atoms with Crippen molar-refractivity contribution in [3.05, 3.63) is 35.9 Å². The molecule has 1 atom stereocenters. The van der Waals surface area contributed by atoms with Gasteiger partial charge in [0.1, 0.15) is 5.78 Å². The minimum absolute atomic E-state index is 0.0151. The molecule has 0 saturated carbocycles. The molecule has 0 aliphatic heterocycles.